The number of nitrogens with one attached hydrogen (secondary N) is 1. The molecule has 146 valence electrons. The Hall–Kier alpha value is -3.80. The second-order valence-electron chi connectivity index (χ2n) is 6.62. The summed E-state index contributed by atoms with van der Waals surface area (Å²) in [7, 11) is 0. The number of fused-ring (bicyclic) bond motifs is 1. The Morgan fingerprint density at radius 1 is 1.03 bits per heavy atom. The molecule has 1 amide bonds. The first-order valence-electron chi connectivity index (χ1n) is 9.33. The number of nitrogens with zero attached hydrogens (tertiary/aromatic N) is 1. The number of hydrogen-bond donors (Lipinski definition) is 2. The first-order chi connectivity index (χ1) is 14.1. The standard InChI is InChI=1S/C23H20N2O4/c1-2-29-18-13-11-17(12-14-18)25-21(15-7-9-16(10-8-15)23(27)28)24-20-6-4-3-5-19(20)22(25)26/h3-14,21,24H,2H2,1H3,(H,27,28). The van der Waals surface area contributed by atoms with E-state index in [2.05, 4.69) is 5.32 Å². The number of carboxylic acids is 1. The van der Waals surface area contributed by atoms with Gasteiger partial charge in [0.25, 0.3) is 5.91 Å². The number of benzene rings is 3. The van der Waals surface area contributed by atoms with Crippen LogP contribution in [0.15, 0.2) is 72.8 Å². The lowest BCUT2D eigenvalue weighted by molar-refractivity contribution is 0.0696. The van der Waals surface area contributed by atoms with Crippen LogP contribution in [0.2, 0.25) is 0 Å². The molecule has 1 aliphatic rings. The number of ether oxygens (including phenoxy) is 1. The van der Waals surface area contributed by atoms with Crippen molar-refractivity contribution in [2.24, 2.45) is 0 Å². The minimum atomic E-state index is -0.988. The average Bonchev–Trinajstić information content (AvgIpc) is 2.75. The zero-order chi connectivity index (χ0) is 20.4. The number of anilines is 2. The van der Waals surface area contributed by atoms with Crippen molar-refractivity contribution in [1.29, 1.82) is 0 Å². The summed E-state index contributed by atoms with van der Waals surface area (Å²) >= 11 is 0. The van der Waals surface area contributed by atoms with Gasteiger partial charge in [0.2, 0.25) is 0 Å². The Morgan fingerprint density at radius 2 is 1.72 bits per heavy atom. The molecule has 1 unspecified atom stereocenters. The maximum Gasteiger partial charge on any atom is 0.335 e. The predicted octanol–water partition coefficient (Wildman–Crippen LogP) is 4.55. The topological polar surface area (TPSA) is 78.9 Å². The lowest BCUT2D eigenvalue weighted by atomic mass is 10.0. The molecule has 0 bridgehead atoms. The van der Waals surface area contributed by atoms with Gasteiger partial charge in [0.05, 0.1) is 17.7 Å². The van der Waals surface area contributed by atoms with Crippen LogP contribution in [-0.4, -0.2) is 23.6 Å². The third-order valence-electron chi connectivity index (χ3n) is 4.83. The van der Waals surface area contributed by atoms with Crippen LogP contribution < -0.4 is 15.0 Å². The second kappa shape index (κ2) is 7.67. The molecule has 4 rings (SSSR count). The number of carboxylic acid groups (broad SMARTS) is 1. The third-order valence-corrected chi connectivity index (χ3v) is 4.83. The van der Waals surface area contributed by atoms with Crippen molar-refractivity contribution in [3.05, 3.63) is 89.5 Å². The molecule has 2 N–H and O–H groups in total. The van der Waals surface area contributed by atoms with Crippen LogP contribution in [0.5, 0.6) is 5.75 Å². The fraction of sp³-hybridized carbons (Fsp3) is 0.130. The first kappa shape index (κ1) is 18.6. The molecule has 3 aromatic rings. The molecule has 6 heteroatoms. The molecule has 1 heterocycles. The van der Waals surface area contributed by atoms with E-state index < -0.39 is 12.1 Å². The molecule has 0 fully saturated rings. The minimum absolute atomic E-state index is 0.129. The quantitative estimate of drug-likeness (QED) is 0.670. The van der Waals surface area contributed by atoms with Gasteiger partial charge in [-0.15, -0.1) is 0 Å². The monoisotopic (exact) mass is 388 g/mol. The lowest BCUT2D eigenvalue weighted by Crippen LogP contribution is -2.43. The number of para-hydroxylation sites is 1. The van der Waals surface area contributed by atoms with Gasteiger partial charge in [-0.3, -0.25) is 9.69 Å². The summed E-state index contributed by atoms with van der Waals surface area (Å²) in [5.74, 6) is -0.384. The number of hydrogen-bond acceptors (Lipinski definition) is 4. The molecule has 29 heavy (non-hydrogen) atoms. The summed E-state index contributed by atoms with van der Waals surface area (Å²) in [5.41, 5.74) is 3.02. The fourth-order valence-electron chi connectivity index (χ4n) is 3.43. The molecule has 0 aromatic heterocycles. The van der Waals surface area contributed by atoms with E-state index in [1.54, 1.807) is 35.2 Å². The molecular weight excluding hydrogens is 368 g/mol. The van der Waals surface area contributed by atoms with Gasteiger partial charge in [0.15, 0.2) is 0 Å². The van der Waals surface area contributed by atoms with E-state index in [1.165, 1.54) is 0 Å². The summed E-state index contributed by atoms with van der Waals surface area (Å²) in [4.78, 5) is 26.2. The highest BCUT2D eigenvalue weighted by molar-refractivity contribution is 6.12. The Labute approximate surface area is 168 Å². The molecule has 6 nitrogen and oxygen atoms in total. The van der Waals surface area contributed by atoms with Gasteiger partial charge in [0.1, 0.15) is 11.9 Å². The van der Waals surface area contributed by atoms with Crippen molar-refractivity contribution in [2.45, 2.75) is 13.1 Å². The second-order valence-corrected chi connectivity index (χ2v) is 6.62. The summed E-state index contributed by atoms with van der Waals surface area (Å²) in [6.07, 6.45) is -0.474. The number of carbonyl (C=O) groups is 2. The van der Waals surface area contributed by atoms with Gasteiger partial charge < -0.3 is 15.2 Å². The van der Waals surface area contributed by atoms with Crippen molar-refractivity contribution in [1.82, 2.24) is 0 Å². The Morgan fingerprint density at radius 3 is 2.38 bits per heavy atom. The van der Waals surface area contributed by atoms with Crippen LogP contribution in [0, 0.1) is 0 Å². The van der Waals surface area contributed by atoms with Crippen LogP contribution >= 0.6 is 0 Å². The van der Waals surface area contributed by atoms with Crippen molar-refractivity contribution >= 4 is 23.3 Å². The van der Waals surface area contributed by atoms with E-state index in [9.17, 15) is 9.59 Å². The Kier molecular flexibility index (Phi) is 4.91. The number of aromatic carboxylic acids is 1. The normalized spacial score (nSPS) is 15.4. The van der Waals surface area contributed by atoms with Crippen molar-refractivity contribution in [3.8, 4) is 5.75 Å². The number of amides is 1. The van der Waals surface area contributed by atoms with Gasteiger partial charge in [-0.25, -0.2) is 4.79 Å². The van der Waals surface area contributed by atoms with Crippen LogP contribution in [0.25, 0.3) is 0 Å². The SMILES string of the molecule is CCOc1ccc(N2C(=O)c3ccccc3NC2c2ccc(C(=O)O)cc2)cc1. The number of carbonyl (C=O) groups excluding carboxylic acids is 1. The fourth-order valence-corrected chi connectivity index (χ4v) is 3.43. The van der Waals surface area contributed by atoms with E-state index in [-0.39, 0.29) is 11.5 Å². The van der Waals surface area contributed by atoms with Crippen LogP contribution in [-0.2, 0) is 0 Å². The molecule has 0 saturated carbocycles. The van der Waals surface area contributed by atoms with Gasteiger partial charge >= 0.3 is 5.97 Å². The van der Waals surface area contributed by atoms with Gasteiger partial charge in [0, 0.05) is 11.4 Å². The van der Waals surface area contributed by atoms with E-state index in [0.717, 1.165) is 17.0 Å². The third kappa shape index (κ3) is 3.52. The van der Waals surface area contributed by atoms with E-state index >= 15 is 0 Å². The molecule has 0 spiro atoms. The molecule has 0 saturated heterocycles. The molecule has 3 aromatic carbocycles. The minimum Gasteiger partial charge on any atom is -0.494 e. The highest BCUT2D eigenvalue weighted by Gasteiger charge is 2.34. The largest absolute Gasteiger partial charge is 0.494 e. The van der Waals surface area contributed by atoms with E-state index in [0.29, 0.717) is 17.9 Å². The highest BCUT2D eigenvalue weighted by Crippen LogP contribution is 2.37. The van der Waals surface area contributed by atoms with Crippen LogP contribution in [0.4, 0.5) is 11.4 Å². The highest BCUT2D eigenvalue weighted by atomic mass is 16.5. The summed E-state index contributed by atoms with van der Waals surface area (Å²) in [5, 5.41) is 12.6. The molecule has 0 radical (unpaired) electrons. The van der Waals surface area contributed by atoms with Crippen molar-refractivity contribution in [2.75, 3.05) is 16.8 Å². The van der Waals surface area contributed by atoms with E-state index in [4.69, 9.17) is 9.84 Å². The average molecular weight is 388 g/mol. The molecule has 1 atom stereocenters. The molecule has 1 aliphatic heterocycles. The lowest BCUT2D eigenvalue weighted by Gasteiger charge is -2.38. The Balaban J connectivity index is 1.77. The predicted molar refractivity (Wildman–Crippen MR) is 111 cm³/mol. The maximum atomic E-state index is 13.3. The summed E-state index contributed by atoms with van der Waals surface area (Å²) < 4.78 is 5.50. The van der Waals surface area contributed by atoms with Crippen molar-refractivity contribution < 1.29 is 19.4 Å². The van der Waals surface area contributed by atoms with Gasteiger partial charge in [-0.1, -0.05) is 24.3 Å². The first-order valence-corrected chi connectivity index (χ1v) is 9.33. The van der Waals surface area contributed by atoms with Gasteiger partial charge in [-0.2, -0.15) is 0 Å². The van der Waals surface area contributed by atoms with Crippen LogP contribution in [0.3, 0.4) is 0 Å². The Bertz CT molecular complexity index is 1050. The van der Waals surface area contributed by atoms with E-state index in [1.807, 2.05) is 49.4 Å². The van der Waals surface area contributed by atoms with Gasteiger partial charge in [-0.05, 0) is 61.0 Å². The van der Waals surface area contributed by atoms with Crippen molar-refractivity contribution in [3.63, 3.8) is 0 Å². The zero-order valence-electron chi connectivity index (χ0n) is 15.8. The molecular formula is C23H20N2O4. The smallest absolute Gasteiger partial charge is 0.335 e. The molecule has 0 aliphatic carbocycles. The summed E-state index contributed by atoms with van der Waals surface area (Å²) in [6, 6.07) is 21.2. The zero-order valence-corrected chi connectivity index (χ0v) is 15.8. The van der Waals surface area contributed by atoms with Crippen LogP contribution in [0.1, 0.15) is 39.4 Å². The summed E-state index contributed by atoms with van der Waals surface area (Å²) in [6.45, 7) is 2.48. The number of rotatable bonds is 5. The maximum absolute atomic E-state index is 13.3.